The van der Waals surface area contributed by atoms with Crippen molar-refractivity contribution in [1.29, 1.82) is 0 Å². The topological polar surface area (TPSA) is 71.3 Å². The second-order valence-corrected chi connectivity index (χ2v) is 7.60. The van der Waals surface area contributed by atoms with E-state index in [0.717, 1.165) is 47.5 Å². The second kappa shape index (κ2) is 8.00. The standard InChI is InChI=1S/C22H26N4O2/c1-15-6-5-11-23-19(15)14-16(2)24-22(27)26-12-9-17(10-13-26)21-25-18-7-3-4-8-20(18)28-21/h3-8,11,16-17H,9-10,12-14H2,1-2H3,(H,24,27). The molecule has 1 aliphatic rings. The van der Waals surface area contributed by atoms with Gasteiger partial charge in [0.25, 0.3) is 0 Å². The number of urea groups is 1. The van der Waals surface area contributed by atoms with E-state index in [0.29, 0.717) is 13.1 Å². The maximum Gasteiger partial charge on any atom is 0.317 e. The van der Waals surface area contributed by atoms with Crippen molar-refractivity contribution >= 4 is 17.1 Å². The summed E-state index contributed by atoms with van der Waals surface area (Å²) in [6.07, 6.45) is 4.27. The summed E-state index contributed by atoms with van der Waals surface area (Å²) in [5, 5.41) is 3.11. The molecule has 2 amide bonds. The molecular formula is C22H26N4O2. The normalized spacial score (nSPS) is 16.3. The van der Waals surface area contributed by atoms with Crippen LogP contribution in [-0.2, 0) is 6.42 Å². The van der Waals surface area contributed by atoms with E-state index in [1.165, 1.54) is 0 Å². The average Bonchev–Trinajstić information content (AvgIpc) is 3.14. The predicted octanol–water partition coefficient (Wildman–Crippen LogP) is 4.05. The third kappa shape index (κ3) is 4.01. The molecule has 28 heavy (non-hydrogen) atoms. The number of fused-ring (bicyclic) bond motifs is 1. The number of amides is 2. The number of pyridine rings is 1. The van der Waals surface area contributed by atoms with Crippen LogP contribution in [0.5, 0.6) is 0 Å². The maximum absolute atomic E-state index is 12.6. The predicted molar refractivity (Wildman–Crippen MR) is 108 cm³/mol. The Morgan fingerprint density at radius 2 is 2.04 bits per heavy atom. The number of carbonyl (C=O) groups is 1. The summed E-state index contributed by atoms with van der Waals surface area (Å²) in [4.78, 5) is 23.5. The van der Waals surface area contributed by atoms with Gasteiger partial charge in [0.2, 0.25) is 0 Å². The van der Waals surface area contributed by atoms with Crippen LogP contribution in [0.1, 0.15) is 42.8 Å². The summed E-state index contributed by atoms with van der Waals surface area (Å²) < 4.78 is 5.91. The van der Waals surface area contributed by atoms with Crippen LogP contribution in [0.25, 0.3) is 11.1 Å². The molecule has 1 saturated heterocycles. The highest BCUT2D eigenvalue weighted by molar-refractivity contribution is 5.74. The number of aromatic nitrogens is 2. The molecule has 1 N–H and O–H groups in total. The lowest BCUT2D eigenvalue weighted by atomic mass is 9.97. The molecule has 3 heterocycles. The maximum atomic E-state index is 12.6. The number of hydrogen-bond acceptors (Lipinski definition) is 4. The molecule has 6 nitrogen and oxygen atoms in total. The first-order chi connectivity index (χ1) is 13.6. The lowest BCUT2D eigenvalue weighted by Crippen LogP contribution is -2.47. The number of benzene rings is 1. The molecular weight excluding hydrogens is 352 g/mol. The molecule has 1 atom stereocenters. The van der Waals surface area contributed by atoms with Gasteiger partial charge >= 0.3 is 6.03 Å². The van der Waals surface area contributed by atoms with E-state index < -0.39 is 0 Å². The molecule has 0 spiro atoms. The Morgan fingerprint density at radius 3 is 2.79 bits per heavy atom. The van der Waals surface area contributed by atoms with Gasteiger partial charge in [0.15, 0.2) is 11.5 Å². The number of hydrogen-bond donors (Lipinski definition) is 1. The monoisotopic (exact) mass is 378 g/mol. The molecule has 1 aromatic carbocycles. The van der Waals surface area contributed by atoms with E-state index in [4.69, 9.17) is 4.42 Å². The minimum absolute atomic E-state index is 0.00269. The molecule has 0 radical (unpaired) electrons. The largest absolute Gasteiger partial charge is 0.440 e. The Hall–Kier alpha value is -2.89. The number of likely N-dealkylation sites (tertiary alicyclic amines) is 1. The first-order valence-corrected chi connectivity index (χ1v) is 9.91. The van der Waals surface area contributed by atoms with Gasteiger partial charge in [-0.25, -0.2) is 9.78 Å². The van der Waals surface area contributed by atoms with Crippen LogP contribution >= 0.6 is 0 Å². The van der Waals surface area contributed by atoms with Gasteiger partial charge in [-0.1, -0.05) is 18.2 Å². The van der Waals surface area contributed by atoms with Gasteiger partial charge in [-0.3, -0.25) is 4.98 Å². The van der Waals surface area contributed by atoms with Gasteiger partial charge in [0, 0.05) is 43.4 Å². The van der Waals surface area contributed by atoms with Crippen LogP contribution in [0.3, 0.4) is 0 Å². The number of piperidine rings is 1. The zero-order valence-corrected chi connectivity index (χ0v) is 16.4. The van der Waals surface area contributed by atoms with Crippen molar-refractivity contribution in [1.82, 2.24) is 20.2 Å². The molecule has 0 bridgehead atoms. The summed E-state index contributed by atoms with van der Waals surface area (Å²) in [5.74, 6) is 1.06. The van der Waals surface area contributed by atoms with Crippen molar-refractivity contribution in [3.8, 4) is 0 Å². The first kappa shape index (κ1) is 18.5. The molecule has 6 heteroatoms. The summed E-state index contributed by atoms with van der Waals surface area (Å²) in [6.45, 7) is 5.50. The molecule has 1 fully saturated rings. The number of nitrogens with one attached hydrogen (secondary N) is 1. The van der Waals surface area contributed by atoms with Crippen molar-refractivity contribution < 1.29 is 9.21 Å². The zero-order valence-electron chi connectivity index (χ0n) is 16.4. The quantitative estimate of drug-likeness (QED) is 0.743. The fourth-order valence-corrected chi connectivity index (χ4v) is 3.77. The van der Waals surface area contributed by atoms with E-state index in [-0.39, 0.29) is 18.0 Å². The number of rotatable bonds is 4. The van der Waals surface area contributed by atoms with Crippen molar-refractivity contribution in [3.05, 3.63) is 59.7 Å². The Labute approximate surface area is 165 Å². The SMILES string of the molecule is Cc1cccnc1CC(C)NC(=O)N1CCC(c2nc3ccccc3o2)CC1. The molecule has 1 aliphatic heterocycles. The molecule has 0 saturated carbocycles. The number of nitrogens with zero attached hydrogens (tertiary/aromatic N) is 3. The Balaban J connectivity index is 1.30. The van der Waals surface area contributed by atoms with Crippen molar-refractivity contribution in [2.75, 3.05) is 13.1 Å². The second-order valence-electron chi connectivity index (χ2n) is 7.60. The number of carbonyl (C=O) groups excluding carboxylic acids is 1. The fourth-order valence-electron chi connectivity index (χ4n) is 3.77. The number of oxazole rings is 1. The summed E-state index contributed by atoms with van der Waals surface area (Å²) in [5.41, 5.74) is 3.92. The van der Waals surface area contributed by atoms with Crippen molar-refractivity contribution in [3.63, 3.8) is 0 Å². The molecule has 2 aromatic heterocycles. The smallest absolute Gasteiger partial charge is 0.317 e. The average molecular weight is 378 g/mol. The molecule has 146 valence electrons. The van der Waals surface area contributed by atoms with Gasteiger partial charge < -0.3 is 14.6 Å². The lowest BCUT2D eigenvalue weighted by Gasteiger charge is -2.31. The minimum atomic E-state index is -0.00269. The van der Waals surface area contributed by atoms with Crippen LogP contribution in [0.4, 0.5) is 4.79 Å². The molecule has 3 aromatic rings. The van der Waals surface area contributed by atoms with Crippen LogP contribution in [0.2, 0.25) is 0 Å². The molecule has 1 unspecified atom stereocenters. The van der Waals surface area contributed by atoms with Crippen LogP contribution in [0, 0.1) is 6.92 Å². The van der Waals surface area contributed by atoms with Crippen molar-refractivity contribution in [2.45, 2.75) is 45.1 Å². The van der Waals surface area contributed by atoms with Gasteiger partial charge in [0.1, 0.15) is 5.52 Å². The number of aryl methyl sites for hydroxylation is 1. The fraction of sp³-hybridized carbons (Fsp3) is 0.409. The van der Waals surface area contributed by atoms with Gasteiger partial charge in [-0.15, -0.1) is 0 Å². The minimum Gasteiger partial charge on any atom is -0.440 e. The highest BCUT2D eigenvalue weighted by Crippen LogP contribution is 2.29. The lowest BCUT2D eigenvalue weighted by molar-refractivity contribution is 0.174. The van der Waals surface area contributed by atoms with E-state index in [9.17, 15) is 4.79 Å². The molecule has 4 rings (SSSR count). The number of para-hydroxylation sites is 2. The van der Waals surface area contributed by atoms with Gasteiger partial charge in [-0.2, -0.15) is 0 Å². The Morgan fingerprint density at radius 1 is 1.25 bits per heavy atom. The highest BCUT2D eigenvalue weighted by atomic mass is 16.3. The third-order valence-corrected chi connectivity index (χ3v) is 5.43. The van der Waals surface area contributed by atoms with E-state index >= 15 is 0 Å². The van der Waals surface area contributed by atoms with E-state index in [2.05, 4.69) is 15.3 Å². The Kier molecular flexibility index (Phi) is 5.28. The highest BCUT2D eigenvalue weighted by Gasteiger charge is 2.27. The Bertz CT molecular complexity index is 927. The third-order valence-electron chi connectivity index (χ3n) is 5.43. The van der Waals surface area contributed by atoms with Crippen LogP contribution in [0.15, 0.2) is 47.0 Å². The van der Waals surface area contributed by atoms with Crippen LogP contribution in [-0.4, -0.2) is 40.0 Å². The summed E-state index contributed by atoms with van der Waals surface area (Å²) in [6, 6.07) is 11.9. The zero-order chi connectivity index (χ0) is 19.5. The molecule has 0 aliphatic carbocycles. The van der Waals surface area contributed by atoms with Gasteiger partial charge in [-0.05, 0) is 50.5 Å². The van der Waals surface area contributed by atoms with E-state index in [1.54, 1.807) is 6.20 Å². The van der Waals surface area contributed by atoms with Crippen molar-refractivity contribution in [2.24, 2.45) is 0 Å². The van der Waals surface area contributed by atoms with Gasteiger partial charge in [0.05, 0.1) is 0 Å². The summed E-state index contributed by atoms with van der Waals surface area (Å²) >= 11 is 0. The van der Waals surface area contributed by atoms with Crippen LogP contribution < -0.4 is 5.32 Å². The first-order valence-electron chi connectivity index (χ1n) is 9.91. The summed E-state index contributed by atoms with van der Waals surface area (Å²) in [7, 11) is 0. The van der Waals surface area contributed by atoms with E-state index in [1.807, 2.05) is 55.1 Å².